The van der Waals surface area contributed by atoms with Crippen molar-refractivity contribution in [1.82, 2.24) is 5.32 Å². The fourth-order valence-corrected chi connectivity index (χ4v) is 1.45. The average molecular weight is 287 g/mol. The van der Waals surface area contributed by atoms with E-state index in [0.29, 0.717) is 0 Å². The first-order chi connectivity index (χ1) is 9.06. The fourth-order valence-electron chi connectivity index (χ4n) is 1.45. The lowest BCUT2D eigenvalue weighted by atomic mass is 9.98. The van der Waals surface area contributed by atoms with Gasteiger partial charge in [-0.15, -0.1) is 0 Å². The van der Waals surface area contributed by atoms with Crippen molar-refractivity contribution in [2.75, 3.05) is 7.11 Å². The van der Waals surface area contributed by atoms with E-state index in [9.17, 15) is 14.7 Å². The molecule has 0 aromatic heterocycles. The highest BCUT2D eigenvalue weighted by Crippen LogP contribution is 2.11. The second-order valence-electron chi connectivity index (χ2n) is 5.79. The largest absolute Gasteiger partial charge is 0.466 e. The molecule has 2 N–H and O–H groups in total. The summed E-state index contributed by atoms with van der Waals surface area (Å²) in [4.78, 5) is 22.7. The van der Waals surface area contributed by atoms with Crippen LogP contribution >= 0.6 is 0 Å². The predicted octanol–water partition coefficient (Wildman–Crippen LogP) is 1.63. The number of esters is 1. The van der Waals surface area contributed by atoms with Crippen LogP contribution in [0.2, 0.25) is 0 Å². The van der Waals surface area contributed by atoms with Gasteiger partial charge < -0.3 is 19.9 Å². The van der Waals surface area contributed by atoms with Gasteiger partial charge in [-0.05, 0) is 32.8 Å². The molecule has 0 saturated heterocycles. The highest BCUT2D eigenvalue weighted by atomic mass is 16.6. The van der Waals surface area contributed by atoms with Crippen molar-refractivity contribution in [3.05, 3.63) is 12.2 Å². The molecule has 0 rings (SSSR count). The third kappa shape index (κ3) is 7.78. The Morgan fingerprint density at radius 1 is 1.25 bits per heavy atom. The van der Waals surface area contributed by atoms with E-state index in [2.05, 4.69) is 10.1 Å². The number of aliphatic hydroxyl groups is 1. The lowest BCUT2D eigenvalue weighted by Crippen LogP contribution is -2.47. The molecule has 20 heavy (non-hydrogen) atoms. The molecular formula is C14H25NO5. The molecule has 0 radical (unpaired) electrons. The molecule has 0 aliphatic rings. The zero-order valence-corrected chi connectivity index (χ0v) is 13.0. The molecule has 0 aliphatic heterocycles. The van der Waals surface area contributed by atoms with Crippen molar-refractivity contribution < 1.29 is 24.2 Å². The summed E-state index contributed by atoms with van der Waals surface area (Å²) >= 11 is 0. The number of hydrogen-bond acceptors (Lipinski definition) is 5. The van der Waals surface area contributed by atoms with Crippen LogP contribution in [0.1, 0.15) is 34.6 Å². The lowest BCUT2D eigenvalue weighted by molar-refractivity contribution is -0.134. The quantitative estimate of drug-likeness (QED) is 0.593. The Morgan fingerprint density at radius 2 is 1.80 bits per heavy atom. The smallest absolute Gasteiger partial charge is 0.407 e. The molecule has 0 aromatic rings. The Bertz CT molecular complexity index is 357. The normalized spacial score (nSPS) is 15.0. The summed E-state index contributed by atoms with van der Waals surface area (Å²) in [5.74, 6) is -0.608. The van der Waals surface area contributed by atoms with Crippen LogP contribution in [0.15, 0.2) is 12.2 Å². The number of rotatable bonds is 5. The molecule has 0 saturated carbocycles. The number of ether oxygens (including phenoxy) is 2. The van der Waals surface area contributed by atoms with Crippen LogP contribution in [0.5, 0.6) is 0 Å². The molecule has 0 spiro atoms. The summed E-state index contributed by atoms with van der Waals surface area (Å²) in [5, 5.41) is 12.6. The molecule has 6 nitrogen and oxygen atoms in total. The van der Waals surface area contributed by atoms with Gasteiger partial charge >= 0.3 is 12.1 Å². The van der Waals surface area contributed by atoms with Gasteiger partial charge in [0.15, 0.2) is 0 Å². The van der Waals surface area contributed by atoms with E-state index >= 15 is 0 Å². The van der Waals surface area contributed by atoms with Crippen molar-refractivity contribution in [3.8, 4) is 0 Å². The topological polar surface area (TPSA) is 84.9 Å². The maximum atomic E-state index is 11.7. The molecule has 116 valence electrons. The molecule has 0 unspecified atom stereocenters. The van der Waals surface area contributed by atoms with Gasteiger partial charge in [-0.1, -0.05) is 13.8 Å². The number of hydrogen-bond donors (Lipinski definition) is 2. The number of carbonyl (C=O) groups is 2. The summed E-state index contributed by atoms with van der Waals surface area (Å²) in [5.41, 5.74) is -0.613. The molecule has 0 heterocycles. The lowest BCUT2D eigenvalue weighted by Gasteiger charge is -2.27. The van der Waals surface area contributed by atoms with Gasteiger partial charge in [0.2, 0.25) is 0 Å². The molecule has 0 aromatic carbocycles. The second-order valence-corrected chi connectivity index (χ2v) is 5.79. The molecule has 0 aliphatic carbocycles. The minimum absolute atomic E-state index is 0.0418. The standard InChI is InChI=1S/C14H25NO5/c1-9(2)12(10(16)7-8-11(17)19-6)15-13(18)20-14(3,4)5/h7-10,12,16H,1-6H3,(H,15,18)/b8-7+/t10-,12+/m1/s1. The summed E-state index contributed by atoms with van der Waals surface area (Å²) in [7, 11) is 1.25. The van der Waals surface area contributed by atoms with Gasteiger partial charge in [0.05, 0.1) is 19.3 Å². The minimum Gasteiger partial charge on any atom is -0.466 e. The summed E-state index contributed by atoms with van der Waals surface area (Å²) in [6.45, 7) is 8.95. The first-order valence-corrected chi connectivity index (χ1v) is 6.50. The summed E-state index contributed by atoms with van der Waals surface area (Å²) < 4.78 is 9.58. The first-order valence-electron chi connectivity index (χ1n) is 6.50. The summed E-state index contributed by atoms with van der Waals surface area (Å²) in [6.07, 6.45) is 0.786. The van der Waals surface area contributed by atoms with Crippen LogP contribution in [0.3, 0.4) is 0 Å². The minimum atomic E-state index is -1.01. The van der Waals surface area contributed by atoms with E-state index in [1.54, 1.807) is 20.8 Å². The number of aliphatic hydroxyl groups excluding tert-OH is 1. The zero-order valence-electron chi connectivity index (χ0n) is 13.0. The molecule has 1 amide bonds. The third-order valence-corrected chi connectivity index (χ3v) is 2.40. The Hall–Kier alpha value is -1.56. The first kappa shape index (κ1) is 18.4. The van der Waals surface area contributed by atoms with Crippen molar-refractivity contribution in [3.63, 3.8) is 0 Å². The predicted molar refractivity (Wildman–Crippen MR) is 75.2 cm³/mol. The third-order valence-electron chi connectivity index (χ3n) is 2.40. The van der Waals surface area contributed by atoms with E-state index < -0.39 is 29.8 Å². The maximum absolute atomic E-state index is 11.7. The van der Waals surface area contributed by atoms with Crippen LogP contribution in [-0.2, 0) is 14.3 Å². The second kappa shape index (κ2) is 7.89. The highest BCUT2D eigenvalue weighted by Gasteiger charge is 2.25. The van der Waals surface area contributed by atoms with E-state index in [0.717, 1.165) is 6.08 Å². The van der Waals surface area contributed by atoms with E-state index in [4.69, 9.17) is 4.74 Å². The van der Waals surface area contributed by atoms with E-state index in [-0.39, 0.29) is 5.92 Å². The number of carbonyl (C=O) groups excluding carboxylic acids is 2. The van der Waals surface area contributed by atoms with Crippen molar-refractivity contribution in [2.45, 2.75) is 52.4 Å². The monoisotopic (exact) mass is 287 g/mol. The van der Waals surface area contributed by atoms with Gasteiger partial charge in [-0.2, -0.15) is 0 Å². The van der Waals surface area contributed by atoms with Crippen molar-refractivity contribution >= 4 is 12.1 Å². The number of alkyl carbamates (subject to hydrolysis) is 1. The Kier molecular flexibility index (Phi) is 7.28. The van der Waals surface area contributed by atoms with Gasteiger partial charge in [-0.25, -0.2) is 9.59 Å². The maximum Gasteiger partial charge on any atom is 0.407 e. The zero-order chi connectivity index (χ0) is 15.9. The molecule has 2 atom stereocenters. The Morgan fingerprint density at radius 3 is 2.20 bits per heavy atom. The van der Waals surface area contributed by atoms with Crippen LogP contribution in [-0.4, -0.2) is 42.0 Å². The van der Waals surface area contributed by atoms with Crippen LogP contribution < -0.4 is 5.32 Å². The van der Waals surface area contributed by atoms with Crippen molar-refractivity contribution in [2.24, 2.45) is 5.92 Å². The SMILES string of the molecule is COC(=O)/C=C/[C@@H](O)[C@@H](NC(=O)OC(C)(C)C)C(C)C. The Labute approximate surface area is 120 Å². The molecule has 0 fully saturated rings. The highest BCUT2D eigenvalue weighted by molar-refractivity contribution is 5.81. The molecule has 0 bridgehead atoms. The van der Waals surface area contributed by atoms with E-state index in [1.807, 2.05) is 13.8 Å². The number of amides is 1. The Balaban J connectivity index is 4.69. The van der Waals surface area contributed by atoms with Crippen LogP contribution in [0, 0.1) is 5.92 Å². The molecule has 6 heteroatoms. The van der Waals surface area contributed by atoms with Gasteiger partial charge in [0.1, 0.15) is 5.60 Å². The summed E-state index contributed by atoms with van der Waals surface area (Å²) in [6, 6.07) is -0.564. The van der Waals surface area contributed by atoms with Crippen molar-refractivity contribution in [1.29, 1.82) is 0 Å². The molecular weight excluding hydrogens is 262 g/mol. The van der Waals surface area contributed by atoms with Gasteiger partial charge in [0.25, 0.3) is 0 Å². The average Bonchev–Trinajstić information content (AvgIpc) is 2.29. The number of nitrogens with one attached hydrogen (secondary N) is 1. The van der Waals surface area contributed by atoms with Crippen LogP contribution in [0.25, 0.3) is 0 Å². The number of methoxy groups -OCH3 is 1. The fraction of sp³-hybridized carbons (Fsp3) is 0.714. The van der Waals surface area contributed by atoms with Gasteiger partial charge in [0, 0.05) is 6.08 Å². The van der Waals surface area contributed by atoms with Crippen LogP contribution in [0.4, 0.5) is 4.79 Å². The van der Waals surface area contributed by atoms with Gasteiger partial charge in [-0.3, -0.25) is 0 Å². The van der Waals surface area contributed by atoms with E-state index in [1.165, 1.54) is 13.2 Å².